The molecule has 1 fully saturated rings. The summed E-state index contributed by atoms with van der Waals surface area (Å²) >= 11 is 0. The lowest BCUT2D eigenvalue weighted by Gasteiger charge is -2.27. The summed E-state index contributed by atoms with van der Waals surface area (Å²) in [6.07, 6.45) is 1.18. The van der Waals surface area contributed by atoms with Crippen LogP contribution in [0.25, 0.3) is 11.1 Å². The Balaban J connectivity index is 1.45. The lowest BCUT2D eigenvalue weighted by molar-refractivity contribution is -0.185. The van der Waals surface area contributed by atoms with Crippen molar-refractivity contribution in [2.45, 2.75) is 51.6 Å². The zero-order chi connectivity index (χ0) is 22.0. The van der Waals surface area contributed by atoms with Crippen molar-refractivity contribution in [3.8, 4) is 16.9 Å². The van der Waals surface area contributed by atoms with Crippen molar-refractivity contribution in [3.05, 3.63) is 89.2 Å². The highest BCUT2D eigenvalue weighted by Crippen LogP contribution is 2.37. The van der Waals surface area contributed by atoms with Crippen LogP contribution in [0.4, 0.5) is 13.2 Å². The Morgan fingerprint density at radius 1 is 0.806 bits per heavy atom. The number of hydrogen-bond acceptors (Lipinski definition) is 1. The molecule has 1 aliphatic carbocycles. The van der Waals surface area contributed by atoms with Gasteiger partial charge in [-0.3, -0.25) is 0 Å². The molecule has 3 aromatic rings. The van der Waals surface area contributed by atoms with Crippen molar-refractivity contribution in [2.24, 2.45) is 5.92 Å². The van der Waals surface area contributed by atoms with E-state index in [2.05, 4.69) is 6.92 Å². The van der Waals surface area contributed by atoms with Crippen LogP contribution in [-0.2, 0) is 6.11 Å². The second-order valence-electron chi connectivity index (χ2n) is 8.69. The van der Waals surface area contributed by atoms with Crippen molar-refractivity contribution in [1.29, 1.82) is 0 Å². The first kappa shape index (κ1) is 21.5. The van der Waals surface area contributed by atoms with Gasteiger partial charge in [0.15, 0.2) is 0 Å². The first-order valence-corrected chi connectivity index (χ1v) is 10.9. The van der Waals surface area contributed by atoms with Crippen LogP contribution in [0.5, 0.6) is 5.75 Å². The molecule has 4 rings (SSSR count). The highest BCUT2D eigenvalue weighted by Gasteiger charge is 2.34. The minimum absolute atomic E-state index is 0.0617. The van der Waals surface area contributed by atoms with Crippen molar-refractivity contribution in [1.82, 2.24) is 0 Å². The van der Waals surface area contributed by atoms with Crippen LogP contribution in [0.2, 0.25) is 0 Å². The summed E-state index contributed by atoms with van der Waals surface area (Å²) in [7, 11) is 0. The highest BCUT2D eigenvalue weighted by atomic mass is 19.3. The first-order chi connectivity index (χ1) is 14.8. The number of rotatable bonds is 5. The van der Waals surface area contributed by atoms with Gasteiger partial charge in [-0.2, -0.15) is 8.78 Å². The first-order valence-electron chi connectivity index (χ1n) is 10.9. The number of alkyl halides is 2. The number of halogens is 3. The molecule has 162 valence electrons. The minimum Gasteiger partial charge on any atom is -0.429 e. The maximum absolute atomic E-state index is 14.7. The molecule has 1 aliphatic rings. The molecular weight excluding hydrogens is 397 g/mol. The Morgan fingerprint density at radius 3 is 2.03 bits per heavy atom. The van der Waals surface area contributed by atoms with Crippen LogP contribution in [0, 0.1) is 18.7 Å². The molecule has 0 heterocycles. The van der Waals surface area contributed by atoms with E-state index >= 15 is 0 Å². The molecule has 0 unspecified atom stereocenters. The van der Waals surface area contributed by atoms with Gasteiger partial charge in [-0.25, -0.2) is 4.39 Å². The normalized spacial score (nSPS) is 19.3. The van der Waals surface area contributed by atoms with E-state index in [1.54, 1.807) is 31.2 Å². The lowest BCUT2D eigenvalue weighted by Crippen LogP contribution is -2.22. The fourth-order valence-corrected chi connectivity index (χ4v) is 4.24. The van der Waals surface area contributed by atoms with Gasteiger partial charge in [0.1, 0.15) is 11.6 Å². The van der Waals surface area contributed by atoms with E-state index in [4.69, 9.17) is 4.74 Å². The molecule has 0 aromatic heterocycles. The van der Waals surface area contributed by atoms with Crippen LogP contribution >= 0.6 is 0 Å². The van der Waals surface area contributed by atoms with E-state index in [0.29, 0.717) is 17.0 Å². The van der Waals surface area contributed by atoms with Gasteiger partial charge in [-0.1, -0.05) is 56.2 Å². The van der Waals surface area contributed by atoms with E-state index in [1.807, 2.05) is 12.1 Å². The van der Waals surface area contributed by atoms with Gasteiger partial charge < -0.3 is 4.74 Å². The van der Waals surface area contributed by atoms with Crippen molar-refractivity contribution in [3.63, 3.8) is 0 Å². The summed E-state index contributed by atoms with van der Waals surface area (Å²) < 4.78 is 48.2. The second-order valence-corrected chi connectivity index (χ2v) is 8.69. The summed E-state index contributed by atoms with van der Waals surface area (Å²) in [6, 6.07) is 17.8. The second kappa shape index (κ2) is 8.78. The van der Waals surface area contributed by atoms with E-state index in [0.717, 1.165) is 29.9 Å². The third-order valence-corrected chi connectivity index (χ3v) is 6.34. The van der Waals surface area contributed by atoms with E-state index in [1.165, 1.54) is 43.2 Å². The SMILES string of the molecule is Cc1ccc(-c2ccc(OC(F)(F)c3ccc(C4CCC(C)CC4)cc3)cc2)cc1F. The summed E-state index contributed by atoms with van der Waals surface area (Å²) in [6.45, 7) is 3.96. The Kier molecular flexibility index (Phi) is 6.08. The van der Waals surface area contributed by atoms with Crippen molar-refractivity contribution in [2.75, 3.05) is 0 Å². The van der Waals surface area contributed by atoms with Crippen LogP contribution in [0.3, 0.4) is 0 Å². The van der Waals surface area contributed by atoms with Gasteiger partial charge in [0, 0.05) is 0 Å². The Morgan fingerprint density at radius 2 is 1.42 bits per heavy atom. The van der Waals surface area contributed by atoms with Crippen molar-refractivity contribution >= 4 is 0 Å². The molecule has 3 aromatic carbocycles. The predicted octanol–water partition coefficient (Wildman–Crippen LogP) is 8.22. The van der Waals surface area contributed by atoms with Gasteiger partial charge in [0.05, 0.1) is 5.56 Å². The highest BCUT2D eigenvalue weighted by molar-refractivity contribution is 5.64. The average Bonchev–Trinajstić information content (AvgIpc) is 2.77. The lowest BCUT2D eigenvalue weighted by atomic mass is 9.79. The van der Waals surface area contributed by atoms with Gasteiger partial charge in [0.25, 0.3) is 0 Å². The monoisotopic (exact) mass is 424 g/mol. The Bertz CT molecular complexity index is 1020. The third-order valence-electron chi connectivity index (χ3n) is 6.34. The largest absolute Gasteiger partial charge is 0.429 e. The molecule has 0 N–H and O–H groups in total. The molecule has 0 atom stereocenters. The smallest absolute Gasteiger partial charge is 0.426 e. The molecule has 1 saturated carbocycles. The zero-order valence-corrected chi connectivity index (χ0v) is 17.9. The third kappa shape index (κ3) is 4.95. The standard InChI is InChI=1S/C27H27F3O/c1-18-3-6-20(7-4-18)21-9-13-24(14-10-21)27(29,30)31-25-15-11-22(12-16-25)23-8-5-19(2)26(28)17-23/h5,8-18,20H,3-4,6-7H2,1-2H3. The molecule has 0 aliphatic heterocycles. The van der Waals surface area contributed by atoms with E-state index < -0.39 is 6.11 Å². The summed E-state index contributed by atoms with van der Waals surface area (Å²) in [4.78, 5) is 0. The molecule has 0 amide bonds. The van der Waals surface area contributed by atoms with Crippen LogP contribution < -0.4 is 4.74 Å². The maximum atomic E-state index is 14.7. The molecular formula is C27H27F3O. The quantitative estimate of drug-likeness (QED) is 0.401. The van der Waals surface area contributed by atoms with Gasteiger partial charge in [-0.05, 0) is 84.2 Å². The minimum atomic E-state index is -3.43. The molecule has 0 bridgehead atoms. The van der Waals surface area contributed by atoms with Crippen LogP contribution in [-0.4, -0.2) is 0 Å². The molecule has 0 saturated heterocycles. The van der Waals surface area contributed by atoms with Gasteiger partial charge in [0.2, 0.25) is 0 Å². The molecule has 1 nitrogen and oxygen atoms in total. The number of aryl methyl sites for hydroxylation is 1. The topological polar surface area (TPSA) is 9.23 Å². The fourth-order valence-electron chi connectivity index (χ4n) is 4.24. The van der Waals surface area contributed by atoms with Gasteiger partial charge in [-0.15, -0.1) is 0 Å². The van der Waals surface area contributed by atoms with Crippen LogP contribution in [0.1, 0.15) is 55.2 Å². The van der Waals surface area contributed by atoms with Crippen LogP contribution in [0.15, 0.2) is 66.7 Å². The fraction of sp³-hybridized carbons (Fsp3) is 0.333. The molecule has 31 heavy (non-hydrogen) atoms. The van der Waals surface area contributed by atoms with Crippen molar-refractivity contribution < 1.29 is 17.9 Å². The predicted molar refractivity (Wildman–Crippen MR) is 118 cm³/mol. The molecule has 0 spiro atoms. The Hall–Kier alpha value is -2.75. The number of ether oxygens (including phenoxy) is 1. The van der Waals surface area contributed by atoms with E-state index in [-0.39, 0.29) is 17.1 Å². The zero-order valence-electron chi connectivity index (χ0n) is 17.9. The number of hydrogen-bond donors (Lipinski definition) is 0. The summed E-state index contributed by atoms with van der Waals surface area (Å²) in [5.74, 6) is 0.978. The van der Waals surface area contributed by atoms with E-state index in [9.17, 15) is 13.2 Å². The van der Waals surface area contributed by atoms with Gasteiger partial charge >= 0.3 is 6.11 Å². The average molecular weight is 425 g/mol. The maximum Gasteiger partial charge on any atom is 0.426 e. The Labute approximate surface area is 181 Å². The summed E-state index contributed by atoms with van der Waals surface area (Å²) in [5.41, 5.74) is 2.95. The number of benzene rings is 3. The summed E-state index contributed by atoms with van der Waals surface area (Å²) in [5, 5.41) is 0. The molecule has 4 heteroatoms. The molecule has 0 radical (unpaired) electrons.